The van der Waals surface area contributed by atoms with Crippen molar-refractivity contribution >= 4 is 17.3 Å². The summed E-state index contributed by atoms with van der Waals surface area (Å²) < 4.78 is 5.36. The Morgan fingerprint density at radius 1 is 1.58 bits per heavy atom. The van der Waals surface area contributed by atoms with Crippen molar-refractivity contribution in [2.75, 3.05) is 30.4 Å². The number of carbonyl (C=O) groups excluding carboxylic acids is 1. The van der Waals surface area contributed by atoms with Gasteiger partial charge in [0.2, 0.25) is 0 Å². The molecule has 1 atom stereocenters. The second-order valence-electron chi connectivity index (χ2n) is 4.54. The summed E-state index contributed by atoms with van der Waals surface area (Å²) in [5.74, 6) is 0.639. The highest BCUT2D eigenvalue weighted by atomic mass is 16.5. The Balaban J connectivity index is 2.12. The average molecular weight is 259 g/mol. The molecule has 1 aliphatic heterocycles. The average Bonchev–Trinajstić information content (AvgIpc) is 2.44. The third-order valence-electron chi connectivity index (χ3n) is 3.27. The van der Waals surface area contributed by atoms with Gasteiger partial charge in [0.15, 0.2) is 6.61 Å². The van der Waals surface area contributed by atoms with Crippen LogP contribution in [0.1, 0.15) is 13.3 Å². The van der Waals surface area contributed by atoms with Crippen LogP contribution < -0.4 is 15.0 Å². The molecule has 1 N–H and O–H groups in total. The van der Waals surface area contributed by atoms with Crippen molar-refractivity contribution in [2.24, 2.45) is 5.92 Å². The summed E-state index contributed by atoms with van der Waals surface area (Å²) in [5.41, 5.74) is 1.64. The lowest BCUT2D eigenvalue weighted by atomic mass is 10.1. The smallest absolute Gasteiger partial charge is 0.264 e. The summed E-state index contributed by atoms with van der Waals surface area (Å²) in [5, 5.41) is 12.1. The number of amides is 1. The number of rotatable bonds is 4. The normalized spacial score (nSPS) is 15.2. The number of benzene rings is 1. The van der Waals surface area contributed by atoms with Gasteiger partial charge in [-0.3, -0.25) is 4.79 Å². The summed E-state index contributed by atoms with van der Waals surface area (Å²) in [6, 6.07) is 7.86. The standard InChI is InChI=1S/C14H17N3O2/c1-3-10(7-15)8-16-11-4-5-13-12(6-11)17(2)14(18)9-19-13/h4-6,10,16H,3,8-9H2,1-2H3. The highest BCUT2D eigenvalue weighted by Crippen LogP contribution is 2.33. The van der Waals surface area contributed by atoms with Crippen LogP contribution in [0.25, 0.3) is 0 Å². The van der Waals surface area contributed by atoms with Crippen molar-refractivity contribution < 1.29 is 9.53 Å². The van der Waals surface area contributed by atoms with Crippen LogP contribution in [-0.2, 0) is 4.79 Å². The predicted molar refractivity (Wildman–Crippen MR) is 73.2 cm³/mol. The molecule has 1 amide bonds. The van der Waals surface area contributed by atoms with Crippen LogP contribution in [0.3, 0.4) is 0 Å². The van der Waals surface area contributed by atoms with E-state index >= 15 is 0 Å². The topological polar surface area (TPSA) is 65.4 Å². The molecule has 1 heterocycles. The maximum Gasteiger partial charge on any atom is 0.264 e. The van der Waals surface area contributed by atoms with Gasteiger partial charge in [-0.1, -0.05) is 6.92 Å². The zero-order valence-corrected chi connectivity index (χ0v) is 11.1. The van der Waals surface area contributed by atoms with Crippen LogP contribution in [0.4, 0.5) is 11.4 Å². The Kier molecular flexibility index (Phi) is 3.91. The number of nitriles is 1. The van der Waals surface area contributed by atoms with Gasteiger partial charge in [-0.15, -0.1) is 0 Å². The minimum atomic E-state index is -0.0619. The van der Waals surface area contributed by atoms with Gasteiger partial charge in [-0.05, 0) is 24.6 Å². The van der Waals surface area contributed by atoms with Crippen molar-refractivity contribution in [1.82, 2.24) is 0 Å². The Morgan fingerprint density at radius 3 is 3.05 bits per heavy atom. The predicted octanol–water partition coefficient (Wildman–Crippen LogP) is 2.00. The molecule has 5 nitrogen and oxygen atoms in total. The molecule has 100 valence electrons. The summed E-state index contributed by atoms with van der Waals surface area (Å²) in [4.78, 5) is 13.2. The van der Waals surface area contributed by atoms with Crippen molar-refractivity contribution in [3.63, 3.8) is 0 Å². The molecule has 1 aromatic rings. The number of anilines is 2. The molecular formula is C14H17N3O2. The van der Waals surface area contributed by atoms with Gasteiger partial charge in [0.1, 0.15) is 5.75 Å². The Labute approximate surface area is 112 Å². The van der Waals surface area contributed by atoms with Gasteiger partial charge >= 0.3 is 0 Å². The Hall–Kier alpha value is -2.22. The zero-order valence-electron chi connectivity index (χ0n) is 11.1. The molecule has 2 rings (SSSR count). The molecular weight excluding hydrogens is 242 g/mol. The molecule has 0 saturated carbocycles. The zero-order chi connectivity index (χ0) is 13.8. The second-order valence-corrected chi connectivity index (χ2v) is 4.54. The SMILES string of the molecule is CCC(C#N)CNc1ccc2c(c1)N(C)C(=O)CO2. The number of carbonyl (C=O) groups is 1. The summed E-state index contributed by atoms with van der Waals surface area (Å²) >= 11 is 0. The molecule has 19 heavy (non-hydrogen) atoms. The van der Waals surface area contributed by atoms with Crippen molar-refractivity contribution in [3.05, 3.63) is 18.2 Å². The number of fused-ring (bicyclic) bond motifs is 1. The molecule has 5 heteroatoms. The third kappa shape index (κ3) is 2.79. The van der Waals surface area contributed by atoms with E-state index in [0.29, 0.717) is 12.3 Å². The van der Waals surface area contributed by atoms with E-state index < -0.39 is 0 Å². The van der Waals surface area contributed by atoms with E-state index in [-0.39, 0.29) is 18.4 Å². The Morgan fingerprint density at radius 2 is 2.37 bits per heavy atom. The van der Waals surface area contributed by atoms with Gasteiger partial charge in [-0.25, -0.2) is 0 Å². The second kappa shape index (κ2) is 5.61. The molecule has 0 aromatic heterocycles. The quantitative estimate of drug-likeness (QED) is 0.898. The van der Waals surface area contributed by atoms with E-state index in [1.54, 1.807) is 11.9 Å². The van der Waals surface area contributed by atoms with Crippen LogP contribution >= 0.6 is 0 Å². The molecule has 0 bridgehead atoms. The maximum atomic E-state index is 11.6. The van der Waals surface area contributed by atoms with E-state index in [0.717, 1.165) is 17.8 Å². The van der Waals surface area contributed by atoms with Crippen molar-refractivity contribution in [2.45, 2.75) is 13.3 Å². The maximum absolute atomic E-state index is 11.6. The minimum Gasteiger partial charge on any atom is -0.482 e. The minimum absolute atomic E-state index is 0.00774. The largest absolute Gasteiger partial charge is 0.482 e. The lowest BCUT2D eigenvalue weighted by Gasteiger charge is -2.26. The molecule has 0 saturated heterocycles. The summed E-state index contributed by atoms with van der Waals surface area (Å²) in [6.45, 7) is 2.68. The van der Waals surface area contributed by atoms with Crippen LogP contribution in [0, 0.1) is 17.2 Å². The van der Waals surface area contributed by atoms with Gasteiger partial charge in [-0.2, -0.15) is 5.26 Å². The first-order chi connectivity index (χ1) is 9.15. The monoisotopic (exact) mass is 259 g/mol. The molecule has 1 aliphatic rings. The first kappa shape index (κ1) is 13.2. The van der Waals surface area contributed by atoms with Gasteiger partial charge in [0.25, 0.3) is 5.91 Å². The van der Waals surface area contributed by atoms with Gasteiger partial charge in [0.05, 0.1) is 17.7 Å². The molecule has 0 aliphatic carbocycles. The Bertz CT molecular complexity index is 522. The van der Waals surface area contributed by atoms with E-state index in [1.807, 2.05) is 25.1 Å². The number of hydrogen-bond donors (Lipinski definition) is 1. The third-order valence-corrected chi connectivity index (χ3v) is 3.27. The van der Waals surface area contributed by atoms with Crippen molar-refractivity contribution in [1.29, 1.82) is 5.26 Å². The summed E-state index contributed by atoms with van der Waals surface area (Å²) in [6.07, 6.45) is 0.815. The molecule has 0 spiro atoms. The van der Waals surface area contributed by atoms with Crippen LogP contribution in [-0.4, -0.2) is 26.1 Å². The molecule has 1 unspecified atom stereocenters. The fraction of sp³-hybridized carbons (Fsp3) is 0.429. The first-order valence-corrected chi connectivity index (χ1v) is 6.32. The number of nitrogens with zero attached hydrogens (tertiary/aromatic N) is 2. The fourth-order valence-corrected chi connectivity index (χ4v) is 1.90. The van der Waals surface area contributed by atoms with E-state index in [1.165, 1.54) is 0 Å². The number of ether oxygens (including phenoxy) is 1. The number of hydrogen-bond acceptors (Lipinski definition) is 4. The van der Waals surface area contributed by atoms with Crippen molar-refractivity contribution in [3.8, 4) is 11.8 Å². The fourth-order valence-electron chi connectivity index (χ4n) is 1.90. The van der Waals surface area contributed by atoms with Crippen LogP contribution in [0.5, 0.6) is 5.75 Å². The lowest BCUT2D eigenvalue weighted by molar-refractivity contribution is -0.120. The van der Waals surface area contributed by atoms with E-state index in [2.05, 4.69) is 11.4 Å². The van der Waals surface area contributed by atoms with Crippen LogP contribution in [0.15, 0.2) is 18.2 Å². The van der Waals surface area contributed by atoms with Crippen LogP contribution in [0.2, 0.25) is 0 Å². The molecule has 0 fully saturated rings. The van der Waals surface area contributed by atoms with E-state index in [4.69, 9.17) is 10.00 Å². The van der Waals surface area contributed by atoms with Gasteiger partial charge in [0, 0.05) is 19.3 Å². The highest BCUT2D eigenvalue weighted by Gasteiger charge is 2.22. The summed E-state index contributed by atoms with van der Waals surface area (Å²) in [7, 11) is 1.73. The highest BCUT2D eigenvalue weighted by molar-refractivity contribution is 5.97. The number of likely N-dealkylation sites (N-methyl/N-ethyl adjacent to an activating group) is 1. The molecule has 0 radical (unpaired) electrons. The first-order valence-electron chi connectivity index (χ1n) is 6.32. The van der Waals surface area contributed by atoms with E-state index in [9.17, 15) is 4.79 Å². The lowest BCUT2D eigenvalue weighted by Crippen LogP contribution is -2.35. The molecule has 1 aromatic carbocycles. The number of nitrogens with one attached hydrogen (secondary N) is 1. The van der Waals surface area contributed by atoms with Gasteiger partial charge < -0.3 is 15.0 Å².